The molecule has 1 aliphatic carbocycles. The summed E-state index contributed by atoms with van der Waals surface area (Å²) in [6.07, 6.45) is 12.6. The third kappa shape index (κ3) is 5.43. The molecule has 116 valence electrons. The van der Waals surface area contributed by atoms with Crippen molar-refractivity contribution in [2.75, 3.05) is 13.2 Å². The summed E-state index contributed by atoms with van der Waals surface area (Å²) in [5.74, 6) is 0.380. The fourth-order valence-corrected chi connectivity index (χ4v) is 2.80. The molecule has 21 heavy (non-hydrogen) atoms. The molecule has 1 heterocycles. The van der Waals surface area contributed by atoms with Crippen LogP contribution in [0.2, 0.25) is 0 Å². The van der Waals surface area contributed by atoms with Gasteiger partial charge >= 0.3 is 5.69 Å². The summed E-state index contributed by atoms with van der Waals surface area (Å²) in [6, 6.07) is 2.07. The SMILES string of the molecule is O=c1nc(OC/C=C/COI)ccn1C1CCCCCC1. The number of ether oxygens (including phenoxy) is 1. The van der Waals surface area contributed by atoms with E-state index >= 15 is 0 Å². The third-order valence-corrected chi connectivity index (χ3v) is 4.04. The van der Waals surface area contributed by atoms with E-state index in [-0.39, 0.29) is 5.69 Å². The highest BCUT2D eigenvalue weighted by Gasteiger charge is 2.15. The van der Waals surface area contributed by atoms with E-state index in [1.54, 1.807) is 10.6 Å². The van der Waals surface area contributed by atoms with E-state index in [2.05, 4.69) is 4.98 Å². The van der Waals surface area contributed by atoms with Crippen molar-refractivity contribution in [3.05, 3.63) is 34.9 Å². The maximum Gasteiger partial charge on any atom is 0.351 e. The van der Waals surface area contributed by atoms with Gasteiger partial charge in [-0.2, -0.15) is 4.98 Å². The molecule has 0 spiro atoms. The van der Waals surface area contributed by atoms with Crippen LogP contribution in [0.4, 0.5) is 0 Å². The molecule has 1 aromatic heterocycles. The minimum Gasteiger partial charge on any atom is -0.473 e. The smallest absolute Gasteiger partial charge is 0.351 e. The molecule has 6 heteroatoms. The van der Waals surface area contributed by atoms with Gasteiger partial charge in [-0.05, 0) is 18.9 Å². The predicted molar refractivity (Wildman–Crippen MR) is 89.8 cm³/mol. The van der Waals surface area contributed by atoms with Crippen molar-refractivity contribution in [1.82, 2.24) is 9.55 Å². The molecule has 0 aliphatic heterocycles. The van der Waals surface area contributed by atoms with Gasteiger partial charge in [-0.25, -0.2) is 4.79 Å². The van der Waals surface area contributed by atoms with Gasteiger partial charge in [0.25, 0.3) is 0 Å². The van der Waals surface area contributed by atoms with Crippen LogP contribution in [0.15, 0.2) is 29.2 Å². The number of hydrogen-bond acceptors (Lipinski definition) is 4. The summed E-state index contributed by atoms with van der Waals surface area (Å²) in [5, 5.41) is 0. The Hall–Kier alpha value is -0.890. The molecule has 0 radical (unpaired) electrons. The van der Waals surface area contributed by atoms with E-state index in [4.69, 9.17) is 7.80 Å². The molecule has 0 amide bonds. The lowest BCUT2D eigenvalue weighted by molar-refractivity contribution is 0.338. The molecule has 5 nitrogen and oxygen atoms in total. The minimum absolute atomic E-state index is 0.209. The van der Waals surface area contributed by atoms with E-state index < -0.39 is 0 Å². The largest absolute Gasteiger partial charge is 0.473 e. The van der Waals surface area contributed by atoms with Gasteiger partial charge in [0.05, 0.1) is 6.61 Å². The summed E-state index contributed by atoms with van der Waals surface area (Å²) in [6.45, 7) is 0.931. The van der Waals surface area contributed by atoms with Crippen LogP contribution in [0.25, 0.3) is 0 Å². The van der Waals surface area contributed by atoms with Crippen LogP contribution in [0.5, 0.6) is 5.88 Å². The quantitative estimate of drug-likeness (QED) is 0.414. The Labute approximate surface area is 139 Å². The highest BCUT2D eigenvalue weighted by Crippen LogP contribution is 2.25. The first-order chi connectivity index (χ1) is 10.3. The lowest BCUT2D eigenvalue weighted by atomic mass is 10.1. The van der Waals surface area contributed by atoms with E-state index in [0.717, 1.165) is 12.8 Å². The van der Waals surface area contributed by atoms with Crippen molar-refractivity contribution < 1.29 is 7.80 Å². The maximum absolute atomic E-state index is 12.1. The van der Waals surface area contributed by atoms with Crippen molar-refractivity contribution in [2.24, 2.45) is 0 Å². The molecule has 2 rings (SSSR count). The van der Waals surface area contributed by atoms with E-state index in [9.17, 15) is 4.79 Å². The molecule has 0 unspecified atom stereocenters. The number of aromatic nitrogens is 2. The molecule has 0 aromatic carbocycles. The van der Waals surface area contributed by atoms with Crippen molar-refractivity contribution in [3.63, 3.8) is 0 Å². The van der Waals surface area contributed by atoms with E-state index in [0.29, 0.717) is 25.1 Å². The highest BCUT2D eigenvalue weighted by atomic mass is 127. The summed E-state index contributed by atoms with van der Waals surface area (Å²) in [7, 11) is 0. The first-order valence-electron chi connectivity index (χ1n) is 7.42. The molecule has 1 fully saturated rings. The Morgan fingerprint density at radius 1 is 1.24 bits per heavy atom. The normalized spacial score (nSPS) is 17.0. The summed E-state index contributed by atoms with van der Waals surface area (Å²) in [5.41, 5.74) is -0.209. The monoisotopic (exact) mass is 404 g/mol. The Bertz CT molecular complexity index is 508. The van der Waals surface area contributed by atoms with Gasteiger partial charge in [0.1, 0.15) is 29.6 Å². The highest BCUT2D eigenvalue weighted by molar-refractivity contribution is 14.1. The molecular formula is C15H21IN2O3. The van der Waals surface area contributed by atoms with Gasteiger partial charge < -0.3 is 7.80 Å². The van der Waals surface area contributed by atoms with Crippen LogP contribution >= 0.6 is 23.0 Å². The minimum atomic E-state index is -0.209. The van der Waals surface area contributed by atoms with Gasteiger partial charge in [-0.15, -0.1) is 0 Å². The summed E-state index contributed by atoms with van der Waals surface area (Å²) >= 11 is 1.83. The van der Waals surface area contributed by atoms with Gasteiger partial charge in [-0.1, -0.05) is 31.8 Å². The first-order valence-corrected chi connectivity index (χ1v) is 8.30. The molecule has 0 N–H and O–H groups in total. The fourth-order valence-electron chi connectivity index (χ4n) is 2.60. The van der Waals surface area contributed by atoms with Crippen LogP contribution < -0.4 is 10.4 Å². The molecule has 1 aliphatic rings. The summed E-state index contributed by atoms with van der Waals surface area (Å²) < 4.78 is 12.1. The van der Waals surface area contributed by atoms with Gasteiger partial charge in [0.15, 0.2) is 0 Å². The zero-order chi connectivity index (χ0) is 14.9. The van der Waals surface area contributed by atoms with E-state index in [1.165, 1.54) is 25.7 Å². The molecule has 0 bridgehead atoms. The Balaban J connectivity index is 1.95. The molecule has 1 aromatic rings. The van der Waals surface area contributed by atoms with Crippen molar-refractivity contribution in [3.8, 4) is 5.88 Å². The molecule has 1 saturated carbocycles. The summed E-state index contributed by atoms with van der Waals surface area (Å²) in [4.78, 5) is 16.1. The van der Waals surface area contributed by atoms with Crippen LogP contribution in [0.3, 0.4) is 0 Å². The van der Waals surface area contributed by atoms with Crippen LogP contribution in [-0.2, 0) is 3.07 Å². The van der Waals surface area contributed by atoms with Gasteiger partial charge in [0, 0.05) is 18.3 Å². The number of rotatable bonds is 6. The third-order valence-electron chi connectivity index (χ3n) is 3.68. The molecular weight excluding hydrogens is 383 g/mol. The maximum atomic E-state index is 12.1. The first kappa shape index (κ1) is 16.5. The topological polar surface area (TPSA) is 53.4 Å². The zero-order valence-electron chi connectivity index (χ0n) is 12.0. The lowest BCUT2D eigenvalue weighted by Crippen LogP contribution is -2.26. The zero-order valence-corrected chi connectivity index (χ0v) is 14.2. The van der Waals surface area contributed by atoms with E-state index in [1.807, 2.05) is 41.4 Å². The van der Waals surface area contributed by atoms with Gasteiger partial charge in [0.2, 0.25) is 5.88 Å². The predicted octanol–water partition coefficient (Wildman–Crippen LogP) is 3.44. The number of halogens is 1. The Morgan fingerprint density at radius 2 is 1.95 bits per heavy atom. The standard InChI is InChI=1S/C15H21IN2O3/c16-21-12-6-5-11-20-14-9-10-18(15(19)17-14)13-7-3-1-2-4-8-13/h5-6,9-10,13H,1-4,7-8,11-12H2/b6-5+. The molecule has 0 saturated heterocycles. The van der Waals surface area contributed by atoms with Crippen LogP contribution in [0.1, 0.15) is 44.6 Å². The second-order valence-electron chi connectivity index (χ2n) is 5.16. The van der Waals surface area contributed by atoms with Gasteiger partial charge in [-0.3, -0.25) is 4.57 Å². The lowest BCUT2D eigenvalue weighted by Gasteiger charge is -2.17. The fraction of sp³-hybridized carbons (Fsp3) is 0.600. The Morgan fingerprint density at radius 3 is 2.62 bits per heavy atom. The second-order valence-corrected chi connectivity index (χ2v) is 5.78. The van der Waals surface area contributed by atoms with Crippen LogP contribution in [-0.4, -0.2) is 22.8 Å². The Kier molecular flexibility index (Phi) is 7.21. The van der Waals surface area contributed by atoms with Crippen LogP contribution in [0, 0.1) is 0 Å². The average Bonchev–Trinajstić information content (AvgIpc) is 2.76. The van der Waals surface area contributed by atoms with Crippen molar-refractivity contribution in [2.45, 2.75) is 44.6 Å². The van der Waals surface area contributed by atoms with Crippen molar-refractivity contribution in [1.29, 1.82) is 0 Å². The average molecular weight is 404 g/mol. The second kappa shape index (κ2) is 9.19. The number of hydrogen-bond donors (Lipinski definition) is 0. The van der Waals surface area contributed by atoms with Crippen molar-refractivity contribution >= 4 is 23.0 Å². The number of nitrogens with zero attached hydrogens (tertiary/aromatic N) is 2. The molecule has 0 atom stereocenters.